The molecule has 41 heavy (non-hydrogen) atoms. The van der Waals surface area contributed by atoms with Gasteiger partial charge >= 0.3 is 5.97 Å². The lowest BCUT2D eigenvalue weighted by Crippen LogP contribution is -2.43. The Kier molecular flexibility index (Phi) is 11.9. The molecule has 3 N–H and O–H groups in total. The van der Waals surface area contributed by atoms with Crippen molar-refractivity contribution in [2.45, 2.75) is 95.4 Å². The van der Waals surface area contributed by atoms with Gasteiger partial charge in [-0.2, -0.15) is 0 Å². The van der Waals surface area contributed by atoms with Gasteiger partial charge in [-0.15, -0.1) is 6.58 Å². The Morgan fingerprint density at radius 3 is 2.46 bits per heavy atom. The van der Waals surface area contributed by atoms with Gasteiger partial charge in [0.1, 0.15) is 0 Å². The van der Waals surface area contributed by atoms with Crippen LogP contribution in [0.5, 0.6) is 0 Å². The van der Waals surface area contributed by atoms with Gasteiger partial charge in [0.25, 0.3) is 0 Å². The summed E-state index contributed by atoms with van der Waals surface area (Å²) in [5, 5.41) is 21.2. The van der Waals surface area contributed by atoms with Gasteiger partial charge < -0.3 is 25.0 Å². The van der Waals surface area contributed by atoms with Gasteiger partial charge in [0.15, 0.2) is 6.29 Å². The second kappa shape index (κ2) is 15.8. The molecule has 1 heterocycles. The van der Waals surface area contributed by atoms with Crippen LogP contribution in [-0.2, 0) is 25.7 Å². The summed E-state index contributed by atoms with van der Waals surface area (Å²) in [6.07, 6.45) is 9.18. The molecule has 0 spiro atoms. The van der Waals surface area contributed by atoms with E-state index in [1.165, 1.54) is 25.7 Å². The van der Waals surface area contributed by atoms with Gasteiger partial charge in [0.2, 0.25) is 5.91 Å². The third kappa shape index (κ3) is 9.50. The van der Waals surface area contributed by atoms with E-state index < -0.39 is 12.3 Å². The summed E-state index contributed by atoms with van der Waals surface area (Å²) in [4.78, 5) is 25.7. The van der Waals surface area contributed by atoms with E-state index in [1.54, 1.807) is 0 Å². The number of aliphatic carboxylic acids is 1. The Hall–Kier alpha value is -3.04. The van der Waals surface area contributed by atoms with E-state index in [-0.39, 0.29) is 31.1 Å². The summed E-state index contributed by atoms with van der Waals surface area (Å²) in [5.74, 6) is -0.906. The molecule has 0 bridgehead atoms. The molecule has 1 amide bonds. The van der Waals surface area contributed by atoms with Crippen molar-refractivity contribution in [1.82, 2.24) is 4.90 Å². The van der Waals surface area contributed by atoms with Crippen LogP contribution in [0.1, 0.15) is 93.3 Å². The number of hydrogen-bond acceptors (Lipinski definition) is 6. The average molecular weight is 565 g/mol. The van der Waals surface area contributed by atoms with Crippen LogP contribution in [0.2, 0.25) is 0 Å². The van der Waals surface area contributed by atoms with E-state index in [0.717, 1.165) is 29.8 Å². The summed E-state index contributed by atoms with van der Waals surface area (Å²) in [6.45, 7) is 5.60. The number of carboxylic acids is 1. The number of anilines is 1. The van der Waals surface area contributed by atoms with E-state index in [0.29, 0.717) is 43.8 Å². The topological polar surface area (TPSA) is 108 Å². The first kappa shape index (κ1) is 30.9. The van der Waals surface area contributed by atoms with Gasteiger partial charge in [0.05, 0.1) is 18.8 Å². The number of nitrogens with one attached hydrogen (secondary N) is 1. The number of carboxylic acid groups (broad SMARTS) is 1. The van der Waals surface area contributed by atoms with Crippen molar-refractivity contribution in [2.24, 2.45) is 0 Å². The molecular formula is C33H44N2O6. The molecule has 8 heteroatoms. The molecule has 8 nitrogen and oxygen atoms in total. The van der Waals surface area contributed by atoms with Gasteiger partial charge in [-0.25, -0.2) is 0 Å². The van der Waals surface area contributed by atoms with Crippen LogP contribution in [0.3, 0.4) is 0 Å². The van der Waals surface area contributed by atoms with Gasteiger partial charge in [-0.3, -0.25) is 14.5 Å². The maximum absolute atomic E-state index is 12.5. The van der Waals surface area contributed by atoms with Gasteiger partial charge in [-0.05, 0) is 48.9 Å². The lowest BCUT2D eigenvalue weighted by atomic mass is 9.99. The highest BCUT2D eigenvalue weighted by atomic mass is 16.7. The number of unbranched alkanes of at least 4 members (excludes halogenated alkanes) is 2. The van der Waals surface area contributed by atoms with Crippen molar-refractivity contribution < 1.29 is 29.3 Å². The number of carbonyl (C=O) groups excluding carboxylic acids is 1. The zero-order chi connectivity index (χ0) is 29.0. The highest BCUT2D eigenvalue weighted by Crippen LogP contribution is 2.39. The Morgan fingerprint density at radius 1 is 1.00 bits per heavy atom. The number of hydrogen-bond donors (Lipinski definition) is 3. The van der Waals surface area contributed by atoms with Crippen molar-refractivity contribution in [3.8, 4) is 0 Å². The van der Waals surface area contributed by atoms with Crippen molar-refractivity contribution in [2.75, 3.05) is 18.4 Å². The number of aliphatic hydroxyl groups excluding tert-OH is 1. The number of carbonyl (C=O) groups is 2. The highest BCUT2D eigenvalue weighted by molar-refractivity contribution is 5.90. The quantitative estimate of drug-likeness (QED) is 0.176. The summed E-state index contributed by atoms with van der Waals surface area (Å²) in [5.41, 5.74) is 3.42. The number of aliphatic hydroxyl groups is 1. The van der Waals surface area contributed by atoms with Crippen LogP contribution < -0.4 is 5.32 Å². The molecule has 3 atom stereocenters. The molecule has 1 aliphatic carbocycles. The molecule has 1 saturated carbocycles. The molecule has 4 rings (SSSR count). The molecule has 2 aliphatic rings. The molecule has 2 aromatic carbocycles. The number of amides is 1. The number of nitrogens with zero attached hydrogens (tertiary/aromatic N) is 1. The zero-order valence-electron chi connectivity index (χ0n) is 23.9. The van der Waals surface area contributed by atoms with Crippen molar-refractivity contribution in [3.63, 3.8) is 0 Å². The lowest BCUT2D eigenvalue weighted by Gasteiger charge is -2.39. The lowest BCUT2D eigenvalue weighted by molar-refractivity contribution is -0.253. The average Bonchev–Trinajstić information content (AvgIpc) is 3.52. The molecule has 2 aromatic rings. The van der Waals surface area contributed by atoms with Crippen LogP contribution in [0.25, 0.3) is 0 Å². The van der Waals surface area contributed by atoms with E-state index in [1.807, 2.05) is 54.6 Å². The second-order valence-corrected chi connectivity index (χ2v) is 11.2. The highest BCUT2D eigenvalue weighted by Gasteiger charge is 2.34. The first-order chi connectivity index (χ1) is 19.9. The van der Waals surface area contributed by atoms with Crippen molar-refractivity contribution in [1.29, 1.82) is 0 Å². The van der Waals surface area contributed by atoms with E-state index in [2.05, 4.69) is 16.8 Å². The number of ether oxygens (including phenoxy) is 2. The normalized spacial score (nSPS) is 21.2. The smallest absolute Gasteiger partial charge is 0.303 e. The fourth-order valence-corrected chi connectivity index (χ4v) is 5.83. The first-order valence-electron chi connectivity index (χ1n) is 14.9. The SMILES string of the molecule is C=CCN(C[C@@H]1C[C@H](c2ccc(CO)cc2)O[C@H](c2cccc(NC(=O)CCCCCC(=O)O)c2)O1)C1CCCC1. The molecule has 0 unspecified atom stereocenters. The van der Waals surface area contributed by atoms with Crippen LogP contribution >= 0.6 is 0 Å². The fourth-order valence-electron chi connectivity index (χ4n) is 5.83. The first-order valence-corrected chi connectivity index (χ1v) is 14.9. The Labute approximate surface area is 243 Å². The maximum atomic E-state index is 12.5. The molecule has 0 aromatic heterocycles. The Balaban J connectivity index is 1.46. The fraction of sp³-hybridized carbons (Fsp3) is 0.515. The minimum atomic E-state index is -0.808. The van der Waals surface area contributed by atoms with Crippen LogP contribution in [0.15, 0.2) is 61.2 Å². The van der Waals surface area contributed by atoms with Gasteiger partial charge in [0, 0.05) is 49.6 Å². The summed E-state index contributed by atoms with van der Waals surface area (Å²) in [6, 6.07) is 16.0. The molecule has 1 aliphatic heterocycles. The second-order valence-electron chi connectivity index (χ2n) is 11.2. The largest absolute Gasteiger partial charge is 0.481 e. The third-order valence-corrected chi connectivity index (χ3v) is 7.99. The maximum Gasteiger partial charge on any atom is 0.303 e. The number of benzene rings is 2. The number of rotatable bonds is 15. The molecule has 1 saturated heterocycles. The van der Waals surface area contributed by atoms with Gasteiger partial charge in [-0.1, -0.05) is 61.7 Å². The zero-order valence-corrected chi connectivity index (χ0v) is 23.9. The third-order valence-electron chi connectivity index (χ3n) is 7.99. The predicted molar refractivity (Wildman–Crippen MR) is 158 cm³/mol. The summed E-state index contributed by atoms with van der Waals surface area (Å²) >= 11 is 0. The van der Waals surface area contributed by atoms with Crippen molar-refractivity contribution in [3.05, 3.63) is 77.9 Å². The van der Waals surface area contributed by atoms with Crippen LogP contribution in [0.4, 0.5) is 5.69 Å². The van der Waals surface area contributed by atoms with Crippen molar-refractivity contribution >= 4 is 17.6 Å². The minimum Gasteiger partial charge on any atom is -0.481 e. The van der Waals surface area contributed by atoms with E-state index in [9.17, 15) is 14.7 Å². The van der Waals surface area contributed by atoms with E-state index >= 15 is 0 Å². The molecular weight excluding hydrogens is 520 g/mol. The predicted octanol–water partition coefficient (Wildman–Crippen LogP) is 6.13. The van der Waals surface area contributed by atoms with E-state index in [4.69, 9.17) is 14.6 Å². The monoisotopic (exact) mass is 564 g/mol. The summed E-state index contributed by atoms with van der Waals surface area (Å²) < 4.78 is 13.1. The Bertz CT molecular complexity index is 1130. The molecule has 0 radical (unpaired) electrons. The van der Waals surface area contributed by atoms with Crippen LogP contribution in [0, 0.1) is 0 Å². The summed E-state index contributed by atoms with van der Waals surface area (Å²) in [7, 11) is 0. The minimum absolute atomic E-state index is 0.00108. The standard InChI is InChI=1S/C33H44N2O6/c1-2-19-35(28-11-6-7-12-28)22-29-21-30(25-17-15-24(23-36)16-18-25)41-33(40-29)26-9-8-10-27(20-26)34-31(37)13-4-3-5-14-32(38)39/h2,8-10,15-18,20,28-30,33,36H,1,3-7,11-14,19,21-23H2,(H,34,37)(H,38,39)/t29-,30+,33+/m0/s1. The van der Waals surface area contributed by atoms with Crippen LogP contribution in [-0.4, -0.2) is 52.2 Å². The Morgan fingerprint density at radius 2 is 1.76 bits per heavy atom. The molecule has 222 valence electrons. The molecule has 2 fully saturated rings.